The molecule has 1 heterocycles. The summed E-state index contributed by atoms with van der Waals surface area (Å²) in [5, 5.41) is 0. The summed E-state index contributed by atoms with van der Waals surface area (Å²) in [6, 6.07) is 0. The van der Waals surface area contributed by atoms with Crippen molar-refractivity contribution in [3.8, 4) is 0 Å². The van der Waals surface area contributed by atoms with E-state index in [0.717, 1.165) is 12.8 Å². The topological polar surface area (TPSA) is 61.8 Å². The molecule has 0 N–H and O–H groups in total. The normalized spacial score (nSPS) is 34.6. The number of carbonyl (C=O) groups is 2. The first kappa shape index (κ1) is 13.1. The highest BCUT2D eigenvalue weighted by Gasteiger charge is 2.43. The van der Waals surface area contributed by atoms with Crippen LogP contribution in [0.15, 0.2) is 12.2 Å². The predicted octanol–water partition coefficient (Wildman–Crippen LogP) is 1.42. The molecule has 2 aliphatic rings. The van der Waals surface area contributed by atoms with E-state index in [0.29, 0.717) is 0 Å². The molecule has 2 rings (SSSR count). The van der Waals surface area contributed by atoms with Crippen LogP contribution in [0.25, 0.3) is 0 Å². The average Bonchev–Trinajstić information content (AvgIpc) is 2.31. The summed E-state index contributed by atoms with van der Waals surface area (Å²) < 4.78 is 16.0. The Morgan fingerprint density at radius 1 is 1.06 bits per heavy atom. The largest absolute Gasteiger partial charge is 0.460 e. The molecule has 0 spiro atoms. The second-order valence-corrected chi connectivity index (χ2v) is 4.73. The van der Waals surface area contributed by atoms with Crippen LogP contribution in [0.5, 0.6) is 0 Å². The molecule has 0 amide bonds. The summed E-state index contributed by atoms with van der Waals surface area (Å²) in [5.74, 6) is -0.420. The number of allylic oxidation sites excluding steroid dienone is 2. The molecular formula is C13H18O5. The van der Waals surface area contributed by atoms with Gasteiger partial charge in [0.2, 0.25) is 6.29 Å². The molecule has 1 aliphatic carbocycles. The van der Waals surface area contributed by atoms with Crippen molar-refractivity contribution in [3.05, 3.63) is 12.2 Å². The van der Waals surface area contributed by atoms with Crippen molar-refractivity contribution in [2.24, 2.45) is 11.8 Å². The van der Waals surface area contributed by atoms with E-state index in [-0.39, 0.29) is 36.5 Å². The molecule has 1 aliphatic heterocycles. The van der Waals surface area contributed by atoms with Crippen LogP contribution < -0.4 is 0 Å². The van der Waals surface area contributed by atoms with Gasteiger partial charge in [-0.2, -0.15) is 0 Å². The maximum atomic E-state index is 11.1. The number of carbonyl (C=O) groups excluding carboxylic acids is 2. The van der Waals surface area contributed by atoms with Crippen LogP contribution in [0.3, 0.4) is 0 Å². The van der Waals surface area contributed by atoms with Crippen molar-refractivity contribution in [2.45, 2.75) is 39.1 Å². The lowest BCUT2D eigenvalue weighted by Crippen LogP contribution is -2.49. The Bertz CT molecular complexity index is 328. The minimum Gasteiger partial charge on any atom is -0.460 e. The molecule has 1 unspecified atom stereocenters. The molecule has 5 heteroatoms. The van der Waals surface area contributed by atoms with Gasteiger partial charge in [0.15, 0.2) is 0 Å². The first-order valence-electron chi connectivity index (χ1n) is 6.19. The van der Waals surface area contributed by atoms with E-state index >= 15 is 0 Å². The summed E-state index contributed by atoms with van der Waals surface area (Å²) in [6.07, 6.45) is 4.96. The lowest BCUT2D eigenvalue weighted by atomic mass is 9.77. The second-order valence-electron chi connectivity index (χ2n) is 4.73. The Morgan fingerprint density at radius 3 is 2.28 bits per heavy atom. The van der Waals surface area contributed by atoms with E-state index < -0.39 is 6.29 Å². The summed E-state index contributed by atoms with van der Waals surface area (Å²) in [6.45, 7) is 3.05. The molecule has 0 saturated carbocycles. The third-order valence-electron chi connectivity index (χ3n) is 3.38. The van der Waals surface area contributed by atoms with Crippen molar-refractivity contribution < 1.29 is 23.8 Å². The molecule has 1 saturated heterocycles. The highest BCUT2D eigenvalue weighted by atomic mass is 16.7. The predicted molar refractivity (Wildman–Crippen MR) is 62.4 cm³/mol. The van der Waals surface area contributed by atoms with Crippen molar-refractivity contribution in [1.29, 1.82) is 0 Å². The number of rotatable bonds is 2. The Kier molecular flexibility index (Phi) is 4.01. The van der Waals surface area contributed by atoms with E-state index in [9.17, 15) is 9.59 Å². The van der Waals surface area contributed by atoms with Gasteiger partial charge < -0.3 is 14.2 Å². The number of ether oxygens (including phenoxy) is 3. The van der Waals surface area contributed by atoms with E-state index in [2.05, 4.69) is 12.2 Å². The summed E-state index contributed by atoms with van der Waals surface area (Å²) in [5.41, 5.74) is 0. The molecule has 0 aromatic rings. The zero-order valence-corrected chi connectivity index (χ0v) is 10.6. The van der Waals surface area contributed by atoms with Gasteiger partial charge in [-0.25, -0.2) is 0 Å². The Morgan fingerprint density at radius 2 is 1.67 bits per heavy atom. The first-order chi connectivity index (χ1) is 8.58. The lowest BCUT2D eigenvalue weighted by molar-refractivity contribution is -0.237. The fourth-order valence-corrected chi connectivity index (χ4v) is 2.65. The van der Waals surface area contributed by atoms with Crippen molar-refractivity contribution in [2.75, 3.05) is 6.61 Å². The fraction of sp³-hybridized carbons (Fsp3) is 0.692. The standard InChI is InChI=1S/C13H18O5/c1-8(14)17-12-7-16-13(18-9(2)15)11-6-4-3-5-10(11)12/h3-4,10-13H,5-7H2,1-2H3/t10-,11-,12-,13?/m0/s1. The summed E-state index contributed by atoms with van der Waals surface area (Å²) in [4.78, 5) is 22.1. The minimum absolute atomic E-state index is 0.0667. The number of hydrogen-bond donors (Lipinski definition) is 0. The van der Waals surface area contributed by atoms with Crippen molar-refractivity contribution in [1.82, 2.24) is 0 Å². The van der Waals surface area contributed by atoms with Gasteiger partial charge in [0.05, 0.1) is 6.61 Å². The third kappa shape index (κ3) is 2.90. The lowest BCUT2D eigenvalue weighted by Gasteiger charge is -2.42. The smallest absolute Gasteiger partial charge is 0.304 e. The molecule has 18 heavy (non-hydrogen) atoms. The van der Waals surface area contributed by atoms with Crippen LogP contribution in [0.2, 0.25) is 0 Å². The van der Waals surface area contributed by atoms with Crippen LogP contribution in [-0.4, -0.2) is 30.9 Å². The highest BCUT2D eigenvalue weighted by molar-refractivity contribution is 5.66. The number of hydrogen-bond acceptors (Lipinski definition) is 5. The van der Waals surface area contributed by atoms with Gasteiger partial charge >= 0.3 is 11.9 Å². The van der Waals surface area contributed by atoms with Crippen LogP contribution in [-0.2, 0) is 23.8 Å². The summed E-state index contributed by atoms with van der Waals surface area (Å²) in [7, 11) is 0. The number of esters is 2. The molecule has 0 aromatic heterocycles. The van der Waals surface area contributed by atoms with Crippen LogP contribution in [0, 0.1) is 11.8 Å². The van der Waals surface area contributed by atoms with Gasteiger partial charge in [-0.05, 0) is 12.8 Å². The maximum Gasteiger partial charge on any atom is 0.304 e. The Hall–Kier alpha value is -1.36. The molecular weight excluding hydrogens is 236 g/mol. The van der Waals surface area contributed by atoms with Crippen molar-refractivity contribution in [3.63, 3.8) is 0 Å². The Balaban J connectivity index is 2.08. The maximum absolute atomic E-state index is 11.1. The van der Waals surface area contributed by atoms with E-state index in [1.54, 1.807) is 0 Å². The van der Waals surface area contributed by atoms with E-state index in [1.165, 1.54) is 13.8 Å². The molecule has 5 nitrogen and oxygen atoms in total. The SMILES string of the molecule is CC(=O)OC1OC[C@H](OC(C)=O)[C@H]2CC=CC[C@H]12. The molecule has 100 valence electrons. The molecule has 1 fully saturated rings. The fourth-order valence-electron chi connectivity index (χ4n) is 2.65. The van der Waals surface area contributed by atoms with Crippen LogP contribution in [0.4, 0.5) is 0 Å². The molecule has 4 atom stereocenters. The Labute approximate surface area is 106 Å². The van der Waals surface area contributed by atoms with Gasteiger partial charge in [-0.1, -0.05) is 12.2 Å². The average molecular weight is 254 g/mol. The first-order valence-corrected chi connectivity index (χ1v) is 6.19. The van der Waals surface area contributed by atoms with Gasteiger partial charge in [-0.15, -0.1) is 0 Å². The zero-order valence-electron chi connectivity index (χ0n) is 10.6. The van der Waals surface area contributed by atoms with Crippen LogP contribution >= 0.6 is 0 Å². The monoisotopic (exact) mass is 254 g/mol. The molecule has 0 aromatic carbocycles. The third-order valence-corrected chi connectivity index (χ3v) is 3.38. The summed E-state index contributed by atoms with van der Waals surface area (Å²) >= 11 is 0. The second kappa shape index (κ2) is 5.52. The van der Waals surface area contributed by atoms with Crippen molar-refractivity contribution >= 4 is 11.9 Å². The van der Waals surface area contributed by atoms with Gasteiger partial charge in [0, 0.05) is 25.7 Å². The molecule has 0 bridgehead atoms. The van der Waals surface area contributed by atoms with E-state index in [4.69, 9.17) is 14.2 Å². The van der Waals surface area contributed by atoms with Crippen LogP contribution in [0.1, 0.15) is 26.7 Å². The van der Waals surface area contributed by atoms with E-state index in [1.807, 2.05) is 0 Å². The molecule has 0 radical (unpaired) electrons. The number of fused-ring (bicyclic) bond motifs is 1. The quantitative estimate of drug-likeness (QED) is 0.551. The highest BCUT2D eigenvalue weighted by Crippen LogP contribution is 2.37. The minimum atomic E-state index is -0.524. The van der Waals surface area contributed by atoms with Gasteiger partial charge in [0.25, 0.3) is 0 Å². The van der Waals surface area contributed by atoms with Gasteiger partial charge in [-0.3, -0.25) is 9.59 Å². The zero-order chi connectivity index (χ0) is 13.1. The van der Waals surface area contributed by atoms with Gasteiger partial charge in [0.1, 0.15) is 6.10 Å².